The van der Waals surface area contributed by atoms with Gasteiger partial charge < -0.3 is 8.39 Å². The molecule has 0 amide bonds. The lowest BCUT2D eigenvalue weighted by Crippen LogP contribution is -2.36. The Kier molecular flexibility index (Phi) is 8.48. The molecule has 3 nitrogen and oxygen atoms in total. The molecule has 0 radical (unpaired) electrons. The van der Waals surface area contributed by atoms with Gasteiger partial charge >= 0.3 is 14.4 Å². The van der Waals surface area contributed by atoms with Crippen LogP contribution in [0.4, 0.5) is 13.2 Å². The lowest BCUT2D eigenvalue weighted by Gasteiger charge is -2.30. The number of alkyl halides is 3. The van der Waals surface area contributed by atoms with Crippen LogP contribution in [0.2, 0.25) is 0 Å². The third-order valence-corrected chi connectivity index (χ3v) is 12.9. The smallest absolute Gasteiger partial charge is 0.399 e. The van der Waals surface area contributed by atoms with Crippen molar-refractivity contribution < 1.29 is 26.1 Å². The largest absolute Gasteiger partial charge is 0.416 e. The predicted octanol–water partition coefficient (Wildman–Crippen LogP) is 11.6. The average molecular weight is 623 g/mol. The Morgan fingerprint density at radius 1 is 0.721 bits per heavy atom. The summed E-state index contributed by atoms with van der Waals surface area (Å²) in [6.07, 6.45) is -5.05. The summed E-state index contributed by atoms with van der Waals surface area (Å²) in [6, 6.07) is 27.9. The van der Waals surface area contributed by atoms with Crippen LogP contribution in [0.1, 0.15) is 57.5 Å². The first-order valence-electron chi connectivity index (χ1n) is 14.6. The summed E-state index contributed by atoms with van der Waals surface area (Å²) < 4.78 is 63.3. The van der Waals surface area contributed by atoms with Crippen molar-refractivity contribution in [3.63, 3.8) is 0 Å². The lowest BCUT2D eigenvalue weighted by atomic mass is 10.0. The molecular weight excluding hydrogens is 587 g/mol. The van der Waals surface area contributed by atoms with Crippen molar-refractivity contribution in [2.75, 3.05) is 6.16 Å². The summed E-state index contributed by atoms with van der Waals surface area (Å²) in [6.45, 7) is 7.81. The van der Waals surface area contributed by atoms with E-state index in [9.17, 15) is 13.2 Å². The molecule has 1 aromatic heterocycles. The maximum Gasteiger partial charge on any atom is 0.416 e. The summed E-state index contributed by atoms with van der Waals surface area (Å²) in [4.78, 5) is 0. The zero-order valence-electron chi connectivity index (χ0n) is 24.7. The zero-order chi connectivity index (χ0) is 30.3. The molecule has 0 unspecified atom stereocenters. The molecule has 1 aliphatic rings. The second kappa shape index (κ2) is 12.2. The van der Waals surface area contributed by atoms with Crippen LogP contribution in [0.3, 0.4) is 0 Å². The first kappa shape index (κ1) is 30.0. The van der Waals surface area contributed by atoms with E-state index >= 15 is 0 Å². The molecule has 5 aromatic rings. The Hall–Kier alpha value is -3.04. The van der Waals surface area contributed by atoms with Gasteiger partial charge in [-0.3, -0.25) is 4.52 Å². The van der Waals surface area contributed by atoms with Crippen molar-refractivity contribution in [3.8, 4) is 0 Å². The third kappa shape index (κ3) is 6.29. The maximum absolute atomic E-state index is 14.9. The van der Waals surface area contributed by atoms with E-state index in [-0.39, 0.29) is 17.5 Å². The van der Waals surface area contributed by atoms with Gasteiger partial charge in [-0.1, -0.05) is 80.7 Å². The van der Waals surface area contributed by atoms with Crippen molar-refractivity contribution in [3.05, 3.63) is 118 Å². The summed E-state index contributed by atoms with van der Waals surface area (Å²) in [5, 5.41) is 1.62. The average Bonchev–Trinajstić information content (AvgIpc) is 3.31. The number of hydrogen-bond donors (Lipinski definition) is 0. The Balaban J connectivity index is 1.46. The number of rotatable bonds is 6. The second-order valence-corrected chi connectivity index (χ2v) is 15.2. The predicted molar refractivity (Wildman–Crippen MR) is 171 cm³/mol. The molecule has 2 heterocycles. The van der Waals surface area contributed by atoms with Crippen LogP contribution >= 0.6 is 16.2 Å². The Bertz CT molecular complexity index is 1670. The van der Waals surface area contributed by atoms with Crippen molar-refractivity contribution >= 4 is 38.1 Å². The van der Waals surface area contributed by atoms with E-state index in [1.165, 1.54) is 0 Å². The fourth-order valence-electron chi connectivity index (χ4n) is 6.44. The highest BCUT2D eigenvalue weighted by molar-refractivity contribution is 7.58. The molecule has 0 aliphatic carbocycles. The number of halogens is 3. The van der Waals surface area contributed by atoms with Crippen molar-refractivity contribution in [2.45, 2.75) is 64.1 Å². The van der Waals surface area contributed by atoms with Gasteiger partial charge in [0, 0.05) is 28.3 Å². The summed E-state index contributed by atoms with van der Waals surface area (Å²) in [7, 11) is -3.53. The van der Waals surface area contributed by atoms with Crippen LogP contribution in [0.5, 0.6) is 0 Å². The number of benzene rings is 4. The van der Waals surface area contributed by atoms with Gasteiger partial charge in [-0.15, -0.1) is 0 Å². The van der Waals surface area contributed by atoms with E-state index in [4.69, 9.17) is 12.9 Å². The molecule has 0 spiro atoms. The molecule has 8 heteroatoms. The SMILES string of the molecule is Cc1cc(C)c2op(O[C@@H](CP3[C@@H](c4ccccc4)CC[C@@H]3c3ccccc3)C(F)(F)F)oc3c(C)cc(C)cc3c2c1. The molecule has 1 fully saturated rings. The second-order valence-electron chi connectivity index (χ2n) is 11.6. The van der Waals surface area contributed by atoms with Crippen LogP contribution in [-0.2, 0) is 0 Å². The first-order chi connectivity index (χ1) is 20.6. The summed E-state index contributed by atoms with van der Waals surface area (Å²) in [5.74, 6) is 0. The topological polar surface area (TPSA) is 35.5 Å². The van der Waals surface area contributed by atoms with Gasteiger partial charge in [-0.25, -0.2) is 0 Å². The van der Waals surface area contributed by atoms with Gasteiger partial charge in [0.1, 0.15) is 11.2 Å². The van der Waals surface area contributed by atoms with E-state index in [1.807, 2.05) is 113 Å². The monoisotopic (exact) mass is 622 g/mol. The lowest BCUT2D eigenvalue weighted by molar-refractivity contribution is -0.179. The summed E-state index contributed by atoms with van der Waals surface area (Å²) in [5.41, 5.74) is 7.06. The molecule has 4 aromatic carbocycles. The number of hydrogen-bond acceptors (Lipinski definition) is 3. The minimum atomic E-state index is -4.59. The van der Waals surface area contributed by atoms with Gasteiger partial charge in [0.25, 0.3) is 0 Å². The molecule has 3 atom stereocenters. The van der Waals surface area contributed by atoms with Crippen molar-refractivity contribution in [1.29, 1.82) is 0 Å². The fourth-order valence-corrected chi connectivity index (χ4v) is 11.5. The Labute approximate surface area is 252 Å². The van der Waals surface area contributed by atoms with Gasteiger partial charge in [0.05, 0.1) is 0 Å². The van der Waals surface area contributed by atoms with Crippen LogP contribution in [0.25, 0.3) is 21.9 Å². The van der Waals surface area contributed by atoms with E-state index < -0.39 is 28.4 Å². The molecule has 1 saturated heterocycles. The molecule has 1 aliphatic heterocycles. The number of aryl methyl sites for hydroxylation is 4. The van der Waals surface area contributed by atoms with Crippen LogP contribution < -0.4 is 4.52 Å². The molecule has 0 N–H and O–H groups in total. The van der Waals surface area contributed by atoms with E-state index in [0.717, 1.165) is 57.0 Å². The van der Waals surface area contributed by atoms with E-state index in [0.29, 0.717) is 11.2 Å². The standard InChI is InChI=1S/C35H35F3O3P2/c1-22-17-24(3)33-28(19-22)29-20-23(2)18-25(4)34(29)41-43(40-33)39-32(35(36,37)38)21-42-30(26-11-7-5-8-12-26)15-16-31(42)27-13-9-6-10-14-27/h5-14,17-20,30-32H,15-16,21H2,1-4H3/t30-,31-,32+/m1/s1. The molecular formula is C35H35F3O3P2. The zero-order valence-corrected chi connectivity index (χ0v) is 26.5. The van der Waals surface area contributed by atoms with Crippen molar-refractivity contribution in [2.24, 2.45) is 0 Å². The third-order valence-electron chi connectivity index (χ3n) is 8.30. The highest BCUT2D eigenvalue weighted by Gasteiger charge is 2.48. The molecule has 224 valence electrons. The van der Waals surface area contributed by atoms with Gasteiger partial charge in [-0.2, -0.15) is 13.2 Å². The Morgan fingerprint density at radius 2 is 1.16 bits per heavy atom. The minimum Gasteiger partial charge on any atom is -0.399 e. The fraction of sp³-hybridized carbons (Fsp3) is 0.314. The van der Waals surface area contributed by atoms with Gasteiger partial charge in [-0.05, 0) is 86.1 Å². The molecule has 0 saturated carbocycles. The molecule has 6 rings (SSSR count). The highest BCUT2D eigenvalue weighted by Crippen LogP contribution is 2.71. The van der Waals surface area contributed by atoms with E-state index in [1.54, 1.807) is 0 Å². The van der Waals surface area contributed by atoms with Crippen molar-refractivity contribution in [1.82, 2.24) is 0 Å². The minimum absolute atomic E-state index is 0.0514. The van der Waals surface area contributed by atoms with Gasteiger partial charge in [0.2, 0.25) is 0 Å². The van der Waals surface area contributed by atoms with Crippen LogP contribution in [0, 0.1) is 27.7 Å². The molecule has 43 heavy (non-hydrogen) atoms. The van der Waals surface area contributed by atoms with Gasteiger partial charge in [0.15, 0.2) is 6.10 Å². The quantitative estimate of drug-likeness (QED) is 0.177. The first-order valence-corrected chi connectivity index (χ1v) is 17.3. The molecule has 0 bridgehead atoms. The summed E-state index contributed by atoms with van der Waals surface area (Å²) >= 11 is 0. The van der Waals surface area contributed by atoms with Crippen LogP contribution in [-0.4, -0.2) is 18.4 Å². The Morgan fingerprint density at radius 3 is 1.58 bits per heavy atom. The number of fused-ring (bicyclic) bond motifs is 3. The van der Waals surface area contributed by atoms with Crippen LogP contribution in [0.15, 0.2) is 93.3 Å². The normalized spacial score (nSPS) is 18.4. The van der Waals surface area contributed by atoms with E-state index in [2.05, 4.69) is 0 Å². The highest BCUT2D eigenvalue weighted by atomic mass is 31.1. The maximum atomic E-state index is 14.9.